The molecule has 0 aliphatic heterocycles. The molecule has 0 spiro atoms. The topological polar surface area (TPSA) is 73.6 Å². The Morgan fingerprint density at radius 2 is 1.96 bits per heavy atom. The van der Waals surface area contributed by atoms with E-state index in [2.05, 4.69) is 5.32 Å². The van der Waals surface area contributed by atoms with Crippen LogP contribution in [0.4, 0.5) is 10.1 Å². The summed E-state index contributed by atoms with van der Waals surface area (Å²) >= 11 is 0. The Labute approximate surface area is 140 Å². The molecule has 0 aliphatic carbocycles. The van der Waals surface area contributed by atoms with Crippen molar-refractivity contribution in [1.82, 2.24) is 0 Å². The summed E-state index contributed by atoms with van der Waals surface area (Å²) < 4.78 is 23.8. The third-order valence-electron chi connectivity index (χ3n) is 3.38. The summed E-state index contributed by atoms with van der Waals surface area (Å²) in [5.74, 6) is 0.331. The predicted octanol–water partition coefficient (Wildman–Crippen LogP) is 2.74. The lowest BCUT2D eigenvalue weighted by atomic mass is 10.1. The second kappa shape index (κ2) is 8.88. The largest absolute Gasteiger partial charge is 0.494 e. The van der Waals surface area contributed by atoms with Crippen molar-refractivity contribution in [3.05, 3.63) is 53.8 Å². The maximum absolute atomic E-state index is 13.6. The minimum atomic E-state index is -0.427. The van der Waals surface area contributed by atoms with Gasteiger partial charge in [0.2, 0.25) is 5.91 Å². The van der Waals surface area contributed by atoms with Gasteiger partial charge in [-0.25, -0.2) is 4.39 Å². The summed E-state index contributed by atoms with van der Waals surface area (Å²) in [5, 5.41) is 2.80. The van der Waals surface area contributed by atoms with Crippen LogP contribution >= 0.6 is 0 Å². The molecule has 0 unspecified atom stereocenters. The van der Waals surface area contributed by atoms with Gasteiger partial charge in [-0.2, -0.15) is 0 Å². The number of carbonyl (C=O) groups excluding carboxylic acids is 1. The molecule has 2 aromatic carbocycles. The van der Waals surface area contributed by atoms with Crippen LogP contribution in [-0.2, 0) is 11.2 Å². The number of halogens is 1. The van der Waals surface area contributed by atoms with Crippen molar-refractivity contribution in [2.24, 2.45) is 5.73 Å². The van der Waals surface area contributed by atoms with E-state index >= 15 is 0 Å². The lowest BCUT2D eigenvalue weighted by molar-refractivity contribution is -0.116. The quantitative estimate of drug-likeness (QED) is 0.779. The first-order valence-corrected chi connectivity index (χ1v) is 7.67. The maximum atomic E-state index is 13.6. The Bertz CT molecular complexity index is 674. The van der Waals surface area contributed by atoms with E-state index in [0.29, 0.717) is 31.0 Å². The van der Waals surface area contributed by atoms with E-state index in [0.717, 1.165) is 5.56 Å². The number of benzene rings is 2. The molecule has 2 aromatic rings. The van der Waals surface area contributed by atoms with Gasteiger partial charge in [-0.3, -0.25) is 4.79 Å². The Morgan fingerprint density at radius 1 is 1.21 bits per heavy atom. The van der Waals surface area contributed by atoms with Crippen molar-refractivity contribution in [2.75, 3.05) is 25.6 Å². The van der Waals surface area contributed by atoms with Crippen LogP contribution in [0, 0.1) is 5.82 Å². The van der Waals surface area contributed by atoms with E-state index in [4.69, 9.17) is 15.2 Å². The first-order valence-electron chi connectivity index (χ1n) is 7.67. The molecule has 0 aliphatic rings. The average molecular weight is 332 g/mol. The van der Waals surface area contributed by atoms with Gasteiger partial charge in [0.05, 0.1) is 7.11 Å². The minimum absolute atomic E-state index is 0.137. The van der Waals surface area contributed by atoms with Gasteiger partial charge in [0.1, 0.15) is 12.4 Å². The monoisotopic (exact) mass is 332 g/mol. The molecule has 0 saturated carbocycles. The van der Waals surface area contributed by atoms with Crippen LogP contribution in [0.2, 0.25) is 0 Å². The fourth-order valence-electron chi connectivity index (χ4n) is 2.16. The van der Waals surface area contributed by atoms with Gasteiger partial charge in [0.25, 0.3) is 0 Å². The summed E-state index contributed by atoms with van der Waals surface area (Å²) in [5.41, 5.74) is 6.79. The number of methoxy groups -OCH3 is 1. The molecule has 6 heteroatoms. The van der Waals surface area contributed by atoms with E-state index in [1.165, 1.54) is 13.2 Å². The molecule has 3 N–H and O–H groups in total. The van der Waals surface area contributed by atoms with E-state index in [-0.39, 0.29) is 18.1 Å². The number of rotatable bonds is 8. The number of nitrogens with two attached hydrogens (primary N) is 1. The molecule has 0 aromatic heterocycles. The number of hydrogen-bond donors (Lipinski definition) is 2. The molecular formula is C18H21FN2O3. The van der Waals surface area contributed by atoms with Crippen LogP contribution in [0.25, 0.3) is 0 Å². The second-order valence-corrected chi connectivity index (χ2v) is 5.18. The fraction of sp³-hybridized carbons (Fsp3) is 0.278. The Balaban J connectivity index is 1.83. The van der Waals surface area contributed by atoms with Gasteiger partial charge in [0.15, 0.2) is 11.6 Å². The van der Waals surface area contributed by atoms with Crippen LogP contribution in [-0.4, -0.2) is 26.2 Å². The van der Waals surface area contributed by atoms with Crippen molar-refractivity contribution in [3.8, 4) is 11.5 Å². The highest BCUT2D eigenvalue weighted by Gasteiger charge is 2.07. The van der Waals surface area contributed by atoms with Crippen molar-refractivity contribution < 1.29 is 18.7 Å². The van der Waals surface area contributed by atoms with E-state index in [9.17, 15) is 9.18 Å². The van der Waals surface area contributed by atoms with Crippen LogP contribution in [0.1, 0.15) is 12.0 Å². The number of nitrogens with one attached hydrogen (secondary N) is 1. The number of anilines is 1. The molecule has 2 rings (SSSR count). The first kappa shape index (κ1) is 17.7. The smallest absolute Gasteiger partial charge is 0.224 e. The zero-order chi connectivity index (χ0) is 17.4. The van der Waals surface area contributed by atoms with Gasteiger partial charge in [-0.05, 0) is 48.4 Å². The van der Waals surface area contributed by atoms with Crippen molar-refractivity contribution in [1.29, 1.82) is 0 Å². The van der Waals surface area contributed by atoms with Crippen LogP contribution < -0.4 is 20.5 Å². The number of ether oxygens (including phenoxy) is 2. The zero-order valence-electron chi connectivity index (χ0n) is 13.5. The van der Waals surface area contributed by atoms with Crippen LogP contribution in [0.15, 0.2) is 42.5 Å². The number of aryl methyl sites for hydroxylation is 1. The number of amides is 1. The highest BCUT2D eigenvalue weighted by Crippen LogP contribution is 2.19. The molecule has 128 valence electrons. The van der Waals surface area contributed by atoms with E-state index < -0.39 is 5.82 Å². The number of carbonyl (C=O) groups is 1. The Kier molecular flexibility index (Phi) is 6.57. The molecule has 5 nitrogen and oxygen atoms in total. The van der Waals surface area contributed by atoms with Gasteiger partial charge in [-0.15, -0.1) is 0 Å². The molecular weight excluding hydrogens is 311 g/mol. The van der Waals surface area contributed by atoms with Crippen molar-refractivity contribution in [2.45, 2.75) is 12.8 Å². The summed E-state index contributed by atoms with van der Waals surface area (Å²) in [6, 6.07) is 11.7. The van der Waals surface area contributed by atoms with Crippen LogP contribution in [0.5, 0.6) is 11.5 Å². The second-order valence-electron chi connectivity index (χ2n) is 5.18. The molecule has 0 atom stereocenters. The van der Waals surface area contributed by atoms with Crippen molar-refractivity contribution in [3.63, 3.8) is 0 Å². The summed E-state index contributed by atoms with van der Waals surface area (Å²) in [6.07, 6.45) is 0.710. The number of hydrogen-bond acceptors (Lipinski definition) is 4. The Morgan fingerprint density at radius 3 is 2.58 bits per heavy atom. The normalized spacial score (nSPS) is 10.3. The lowest BCUT2D eigenvalue weighted by Gasteiger charge is -2.08. The fourth-order valence-corrected chi connectivity index (χ4v) is 2.16. The summed E-state index contributed by atoms with van der Waals surface area (Å²) in [4.78, 5) is 12.0. The zero-order valence-corrected chi connectivity index (χ0v) is 13.5. The van der Waals surface area contributed by atoms with Gasteiger partial charge >= 0.3 is 0 Å². The lowest BCUT2D eigenvalue weighted by Crippen LogP contribution is -2.13. The van der Waals surface area contributed by atoms with E-state index in [1.807, 2.05) is 0 Å². The van der Waals surface area contributed by atoms with Gasteiger partial charge < -0.3 is 20.5 Å². The molecule has 24 heavy (non-hydrogen) atoms. The van der Waals surface area contributed by atoms with Crippen molar-refractivity contribution >= 4 is 11.6 Å². The summed E-state index contributed by atoms with van der Waals surface area (Å²) in [6.45, 7) is 0.897. The first-order chi connectivity index (χ1) is 11.6. The third kappa shape index (κ3) is 5.24. The highest BCUT2D eigenvalue weighted by molar-refractivity contribution is 5.90. The highest BCUT2D eigenvalue weighted by atomic mass is 19.1. The molecule has 0 heterocycles. The Hall–Kier alpha value is -2.60. The molecule has 1 amide bonds. The SMILES string of the molecule is COc1ccc(CCC(=O)Nc2ccc(OCCN)cc2)cc1F. The molecule has 0 fully saturated rings. The summed E-state index contributed by atoms with van der Waals surface area (Å²) in [7, 11) is 1.41. The minimum Gasteiger partial charge on any atom is -0.494 e. The average Bonchev–Trinajstić information content (AvgIpc) is 2.59. The van der Waals surface area contributed by atoms with Crippen LogP contribution in [0.3, 0.4) is 0 Å². The van der Waals surface area contributed by atoms with E-state index in [1.54, 1.807) is 36.4 Å². The molecule has 0 bridgehead atoms. The third-order valence-corrected chi connectivity index (χ3v) is 3.38. The molecule has 0 saturated heterocycles. The maximum Gasteiger partial charge on any atom is 0.224 e. The van der Waals surface area contributed by atoms with Gasteiger partial charge in [-0.1, -0.05) is 6.07 Å². The van der Waals surface area contributed by atoms with Gasteiger partial charge in [0, 0.05) is 18.7 Å². The molecule has 0 radical (unpaired) electrons. The predicted molar refractivity (Wildman–Crippen MR) is 90.9 cm³/mol. The standard InChI is InChI=1S/C18H21FN2O3/c1-23-17-8-2-13(12-16(17)19)3-9-18(22)21-14-4-6-15(7-5-14)24-11-10-20/h2,4-8,12H,3,9-11,20H2,1H3,(H,21,22).